The fraction of sp³-hybridized carbons (Fsp3) is 0.941. The van der Waals surface area contributed by atoms with Crippen molar-refractivity contribution in [3.63, 3.8) is 0 Å². The van der Waals surface area contributed by atoms with Crippen LogP contribution in [0.1, 0.15) is 51.9 Å². The van der Waals surface area contributed by atoms with Gasteiger partial charge in [0.1, 0.15) is 0 Å². The molecule has 2 N–H and O–H groups in total. The smallest absolute Gasteiger partial charge is 0.211 e. The van der Waals surface area contributed by atoms with Crippen LogP contribution < -0.4 is 10.6 Å². The predicted molar refractivity (Wildman–Crippen MR) is 115 cm³/mol. The molecular weight excluding hydrogens is 451 g/mol. The van der Waals surface area contributed by atoms with Crippen molar-refractivity contribution in [3.05, 3.63) is 0 Å². The third kappa shape index (κ3) is 8.43. The number of hydrogen-bond acceptors (Lipinski definition) is 3. The molecule has 0 spiro atoms. The molecule has 148 valence electrons. The van der Waals surface area contributed by atoms with Crippen LogP contribution in [-0.4, -0.2) is 57.7 Å². The lowest BCUT2D eigenvalue weighted by atomic mass is 9.89. The number of piperidine rings is 1. The second kappa shape index (κ2) is 11.6. The van der Waals surface area contributed by atoms with Crippen molar-refractivity contribution in [2.75, 3.05) is 39.0 Å². The van der Waals surface area contributed by atoms with Gasteiger partial charge in [-0.05, 0) is 44.4 Å². The molecular formula is C17H35IN4O2S. The van der Waals surface area contributed by atoms with Crippen molar-refractivity contribution < 1.29 is 8.42 Å². The largest absolute Gasteiger partial charge is 0.357 e. The maximum absolute atomic E-state index is 11.6. The van der Waals surface area contributed by atoms with Gasteiger partial charge in [-0.15, -0.1) is 24.0 Å². The summed E-state index contributed by atoms with van der Waals surface area (Å²) in [6.45, 7) is 6.02. The first-order chi connectivity index (χ1) is 11.5. The summed E-state index contributed by atoms with van der Waals surface area (Å²) in [4.78, 5) is 4.76. The number of hydrogen-bond donors (Lipinski definition) is 2. The van der Waals surface area contributed by atoms with Gasteiger partial charge >= 0.3 is 0 Å². The zero-order valence-electron chi connectivity index (χ0n) is 15.7. The first kappa shape index (κ1) is 23.0. The zero-order chi connectivity index (χ0) is 17.4. The van der Waals surface area contributed by atoms with E-state index >= 15 is 0 Å². The van der Waals surface area contributed by atoms with Crippen LogP contribution in [-0.2, 0) is 10.0 Å². The van der Waals surface area contributed by atoms with Crippen molar-refractivity contribution in [3.8, 4) is 0 Å². The monoisotopic (exact) mass is 486 g/mol. The highest BCUT2D eigenvalue weighted by Gasteiger charge is 2.24. The van der Waals surface area contributed by atoms with Crippen molar-refractivity contribution in [2.24, 2.45) is 16.8 Å². The van der Waals surface area contributed by atoms with Crippen LogP contribution in [0.2, 0.25) is 0 Å². The highest BCUT2D eigenvalue weighted by molar-refractivity contribution is 14.0. The first-order valence-electron chi connectivity index (χ1n) is 9.46. The van der Waals surface area contributed by atoms with Crippen LogP contribution in [0, 0.1) is 11.8 Å². The van der Waals surface area contributed by atoms with Gasteiger partial charge in [0.2, 0.25) is 10.0 Å². The van der Waals surface area contributed by atoms with Gasteiger partial charge in [-0.2, -0.15) is 0 Å². The average Bonchev–Trinajstić information content (AvgIpc) is 2.58. The summed E-state index contributed by atoms with van der Waals surface area (Å²) in [7, 11) is -3.03. The van der Waals surface area contributed by atoms with E-state index in [-0.39, 0.29) is 24.0 Å². The summed E-state index contributed by atoms with van der Waals surface area (Å²) >= 11 is 0. The van der Waals surface area contributed by atoms with Gasteiger partial charge in [0.25, 0.3) is 0 Å². The Labute approximate surface area is 170 Å². The molecule has 1 aliphatic carbocycles. The maximum atomic E-state index is 11.6. The third-order valence-corrected chi connectivity index (χ3v) is 6.48. The van der Waals surface area contributed by atoms with Gasteiger partial charge in [-0.1, -0.05) is 19.3 Å². The summed E-state index contributed by atoms with van der Waals surface area (Å²) in [6.07, 6.45) is 9.84. The summed E-state index contributed by atoms with van der Waals surface area (Å²) in [6, 6.07) is 0. The molecule has 0 aromatic heterocycles. The molecule has 2 fully saturated rings. The third-order valence-electron chi connectivity index (χ3n) is 5.18. The van der Waals surface area contributed by atoms with E-state index in [2.05, 4.69) is 17.6 Å². The van der Waals surface area contributed by atoms with E-state index in [1.807, 2.05) is 0 Å². The van der Waals surface area contributed by atoms with Crippen LogP contribution >= 0.6 is 24.0 Å². The van der Waals surface area contributed by atoms with Crippen molar-refractivity contribution in [1.29, 1.82) is 0 Å². The molecule has 1 saturated carbocycles. The molecule has 25 heavy (non-hydrogen) atoms. The molecule has 6 nitrogen and oxygen atoms in total. The fourth-order valence-electron chi connectivity index (χ4n) is 3.62. The quantitative estimate of drug-likeness (QED) is 0.344. The van der Waals surface area contributed by atoms with Crippen molar-refractivity contribution >= 4 is 40.0 Å². The Kier molecular flexibility index (Phi) is 10.6. The molecule has 0 unspecified atom stereocenters. The highest BCUT2D eigenvalue weighted by Crippen LogP contribution is 2.23. The van der Waals surface area contributed by atoms with E-state index in [0.29, 0.717) is 19.0 Å². The molecule has 0 aromatic carbocycles. The Balaban J connectivity index is 0.00000312. The average molecular weight is 486 g/mol. The van der Waals surface area contributed by atoms with Crippen LogP contribution in [0.4, 0.5) is 0 Å². The Bertz CT molecular complexity index is 499. The number of halogens is 1. The fourth-order valence-corrected chi connectivity index (χ4v) is 4.49. The first-order valence-corrected chi connectivity index (χ1v) is 11.3. The summed E-state index contributed by atoms with van der Waals surface area (Å²) < 4.78 is 24.7. The molecule has 1 aliphatic heterocycles. The van der Waals surface area contributed by atoms with Crippen molar-refractivity contribution in [2.45, 2.75) is 51.9 Å². The number of rotatable bonds is 6. The minimum absolute atomic E-state index is 0. The van der Waals surface area contributed by atoms with Gasteiger partial charge < -0.3 is 10.6 Å². The second-order valence-electron chi connectivity index (χ2n) is 7.21. The molecule has 2 aliphatic rings. The maximum Gasteiger partial charge on any atom is 0.211 e. The minimum atomic E-state index is -3.03. The van der Waals surface area contributed by atoms with Gasteiger partial charge in [0.05, 0.1) is 6.26 Å². The van der Waals surface area contributed by atoms with Gasteiger partial charge in [0, 0.05) is 32.7 Å². The van der Waals surface area contributed by atoms with E-state index in [9.17, 15) is 8.42 Å². The Morgan fingerprint density at radius 1 is 1.04 bits per heavy atom. The molecule has 0 radical (unpaired) electrons. The number of aliphatic imine (C=N–C) groups is 1. The number of guanidine groups is 1. The van der Waals surface area contributed by atoms with E-state index in [0.717, 1.165) is 44.4 Å². The summed E-state index contributed by atoms with van der Waals surface area (Å²) in [5.41, 5.74) is 0. The molecule has 8 heteroatoms. The zero-order valence-corrected chi connectivity index (χ0v) is 18.8. The second-order valence-corrected chi connectivity index (χ2v) is 9.19. The summed E-state index contributed by atoms with van der Waals surface area (Å²) in [5.74, 6) is 2.17. The summed E-state index contributed by atoms with van der Waals surface area (Å²) in [5, 5.41) is 6.78. The van der Waals surface area contributed by atoms with E-state index < -0.39 is 10.0 Å². The molecule has 0 bridgehead atoms. The van der Waals surface area contributed by atoms with Gasteiger partial charge in [-0.25, -0.2) is 12.7 Å². The number of nitrogens with zero attached hydrogens (tertiary/aromatic N) is 2. The highest BCUT2D eigenvalue weighted by atomic mass is 127. The Hall–Kier alpha value is -0.0900. The van der Waals surface area contributed by atoms with Crippen LogP contribution in [0.25, 0.3) is 0 Å². The van der Waals surface area contributed by atoms with Crippen LogP contribution in [0.15, 0.2) is 4.99 Å². The molecule has 0 amide bonds. The molecule has 0 aromatic rings. The SMILES string of the molecule is CCNC(=NCC1CCCCC1)NCC1CCN(S(C)(=O)=O)CC1.I. The van der Waals surface area contributed by atoms with Crippen molar-refractivity contribution in [1.82, 2.24) is 14.9 Å². The number of sulfonamides is 1. The molecule has 2 rings (SSSR count). The molecule has 1 saturated heterocycles. The normalized spacial score (nSPS) is 21.6. The van der Waals surface area contributed by atoms with E-state index in [1.54, 1.807) is 4.31 Å². The topological polar surface area (TPSA) is 73.8 Å². The van der Waals surface area contributed by atoms with Crippen LogP contribution in [0.3, 0.4) is 0 Å². The Morgan fingerprint density at radius 2 is 1.68 bits per heavy atom. The van der Waals surface area contributed by atoms with Gasteiger partial charge in [0.15, 0.2) is 5.96 Å². The predicted octanol–water partition coefficient (Wildman–Crippen LogP) is 2.41. The minimum Gasteiger partial charge on any atom is -0.357 e. The number of nitrogens with one attached hydrogen (secondary N) is 2. The lowest BCUT2D eigenvalue weighted by Gasteiger charge is -2.30. The lowest BCUT2D eigenvalue weighted by Crippen LogP contribution is -2.44. The van der Waals surface area contributed by atoms with E-state index in [4.69, 9.17) is 4.99 Å². The van der Waals surface area contributed by atoms with Gasteiger partial charge in [-0.3, -0.25) is 4.99 Å². The molecule has 0 atom stereocenters. The Morgan fingerprint density at radius 3 is 2.24 bits per heavy atom. The molecule has 1 heterocycles. The van der Waals surface area contributed by atoms with Crippen LogP contribution in [0.5, 0.6) is 0 Å². The van der Waals surface area contributed by atoms with E-state index in [1.165, 1.54) is 38.4 Å². The standard InChI is InChI=1S/C17H34N4O2S.HI/c1-3-18-17(19-13-15-7-5-4-6-8-15)20-14-16-9-11-21(12-10-16)24(2,22)23;/h15-16H,3-14H2,1-2H3,(H2,18,19,20);1H. The lowest BCUT2D eigenvalue weighted by molar-refractivity contribution is 0.274.